The molecule has 1 aliphatic rings. The zero-order valence-electron chi connectivity index (χ0n) is 14.8. The average molecular weight is 354 g/mol. The lowest BCUT2D eigenvalue weighted by atomic mass is 9.91. The Morgan fingerprint density at radius 1 is 0.889 bits per heavy atom. The molecule has 4 aromatic rings. The van der Waals surface area contributed by atoms with E-state index in [9.17, 15) is 0 Å². The van der Waals surface area contributed by atoms with Gasteiger partial charge in [0.15, 0.2) is 6.10 Å². The van der Waals surface area contributed by atoms with Gasteiger partial charge >= 0.3 is 0 Å². The molecule has 1 unspecified atom stereocenters. The Kier molecular flexibility index (Phi) is 3.68. The van der Waals surface area contributed by atoms with Gasteiger partial charge in [0, 0.05) is 11.1 Å². The first kappa shape index (κ1) is 15.7. The van der Waals surface area contributed by atoms with Gasteiger partial charge in [-0.3, -0.25) is 5.10 Å². The molecule has 1 atom stereocenters. The zero-order chi connectivity index (χ0) is 18.2. The Morgan fingerprint density at radius 2 is 1.63 bits per heavy atom. The molecule has 0 bridgehead atoms. The molecular weight excluding hydrogens is 336 g/mol. The van der Waals surface area contributed by atoms with E-state index in [1.807, 2.05) is 60.7 Å². The van der Waals surface area contributed by atoms with Crippen LogP contribution in [0.25, 0.3) is 22.5 Å². The molecule has 4 heteroatoms. The minimum atomic E-state index is -0.241. The Hall–Kier alpha value is -3.53. The van der Waals surface area contributed by atoms with E-state index in [1.54, 1.807) is 7.11 Å². The van der Waals surface area contributed by atoms with Gasteiger partial charge in [-0.25, -0.2) is 0 Å². The maximum atomic E-state index is 6.44. The van der Waals surface area contributed by atoms with E-state index < -0.39 is 0 Å². The number of methoxy groups -OCH3 is 1. The molecular formula is C23H18N2O2. The Bertz CT molecular complexity index is 1070. The molecule has 2 heterocycles. The predicted molar refractivity (Wildman–Crippen MR) is 105 cm³/mol. The summed E-state index contributed by atoms with van der Waals surface area (Å²) in [4.78, 5) is 0. The molecule has 132 valence electrons. The van der Waals surface area contributed by atoms with Crippen molar-refractivity contribution in [2.45, 2.75) is 6.10 Å². The van der Waals surface area contributed by atoms with Crippen LogP contribution in [0.15, 0.2) is 78.9 Å². The number of H-pyrrole nitrogens is 1. The lowest BCUT2D eigenvalue weighted by molar-refractivity contribution is 0.244. The van der Waals surface area contributed by atoms with Gasteiger partial charge in [0.2, 0.25) is 0 Å². The lowest BCUT2D eigenvalue weighted by Gasteiger charge is -2.27. The van der Waals surface area contributed by atoms with Crippen LogP contribution >= 0.6 is 0 Å². The third-order valence-electron chi connectivity index (χ3n) is 4.93. The molecule has 27 heavy (non-hydrogen) atoms. The highest BCUT2D eigenvalue weighted by Gasteiger charge is 2.32. The van der Waals surface area contributed by atoms with Crippen molar-refractivity contribution in [1.29, 1.82) is 0 Å². The number of hydrogen-bond donors (Lipinski definition) is 1. The quantitative estimate of drug-likeness (QED) is 0.548. The van der Waals surface area contributed by atoms with Crippen molar-refractivity contribution < 1.29 is 9.47 Å². The van der Waals surface area contributed by atoms with Crippen molar-refractivity contribution in [1.82, 2.24) is 10.2 Å². The second-order valence-corrected chi connectivity index (χ2v) is 6.49. The number of fused-ring (bicyclic) bond motifs is 3. The van der Waals surface area contributed by atoms with Gasteiger partial charge in [-0.1, -0.05) is 54.6 Å². The van der Waals surface area contributed by atoms with E-state index in [0.29, 0.717) is 0 Å². The number of rotatable bonds is 3. The van der Waals surface area contributed by atoms with Crippen molar-refractivity contribution in [3.63, 3.8) is 0 Å². The number of nitrogens with zero attached hydrogens (tertiary/aromatic N) is 1. The topological polar surface area (TPSA) is 47.1 Å². The Labute approximate surface area is 157 Å². The van der Waals surface area contributed by atoms with Gasteiger partial charge in [0.1, 0.15) is 11.5 Å². The highest BCUT2D eigenvalue weighted by molar-refractivity contribution is 5.80. The van der Waals surface area contributed by atoms with Crippen LogP contribution in [-0.2, 0) is 0 Å². The maximum absolute atomic E-state index is 6.44. The van der Waals surface area contributed by atoms with Crippen molar-refractivity contribution in [2.75, 3.05) is 7.11 Å². The van der Waals surface area contributed by atoms with Crippen LogP contribution in [0.2, 0.25) is 0 Å². The van der Waals surface area contributed by atoms with Gasteiger partial charge < -0.3 is 9.47 Å². The summed E-state index contributed by atoms with van der Waals surface area (Å²) in [7, 11) is 1.67. The third-order valence-corrected chi connectivity index (χ3v) is 4.93. The molecule has 0 saturated carbocycles. The summed E-state index contributed by atoms with van der Waals surface area (Å²) in [6.45, 7) is 0. The SMILES string of the molecule is COc1ccc(C2Oc3ccccc3-c3[nH]nc(-c4ccccc4)c32)cc1. The average Bonchev–Trinajstić information content (AvgIpc) is 3.19. The van der Waals surface area contributed by atoms with Crippen molar-refractivity contribution in [2.24, 2.45) is 0 Å². The van der Waals surface area contributed by atoms with Crippen molar-refractivity contribution in [3.8, 4) is 34.0 Å². The molecule has 0 fully saturated rings. The van der Waals surface area contributed by atoms with Crippen LogP contribution in [0.5, 0.6) is 11.5 Å². The van der Waals surface area contributed by atoms with E-state index in [4.69, 9.17) is 9.47 Å². The van der Waals surface area contributed by atoms with Crippen LogP contribution < -0.4 is 9.47 Å². The molecule has 4 nitrogen and oxygen atoms in total. The Morgan fingerprint density at radius 3 is 2.41 bits per heavy atom. The second kappa shape index (κ2) is 6.32. The fraction of sp³-hybridized carbons (Fsp3) is 0.0870. The summed E-state index contributed by atoms with van der Waals surface area (Å²) in [5, 5.41) is 7.90. The number of aromatic nitrogens is 2. The molecule has 0 radical (unpaired) electrons. The first-order chi connectivity index (χ1) is 13.3. The first-order valence-electron chi connectivity index (χ1n) is 8.89. The monoisotopic (exact) mass is 354 g/mol. The van der Waals surface area contributed by atoms with Crippen LogP contribution in [0.4, 0.5) is 0 Å². The van der Waals surface area contributed by atoms with Gasteiger partial charge in [0.25, 0.3) is 0 Å². The van der Waals surface area contributed by atoms with E-state index >= 15 is 0 Å². The number of hydrogen-bond acceptors (Lipinski definition) is 3. The van der Waals surface area contributed by atoms with E-state index in [1.165, 1.54) is 0 Å². The highest BCUT2D eigenvalue weighted by Crippen LogP contribution is 2.47. The van der Waals surface area contributed by atoms with Crippen LogP contribution in [0.3, 0.4) is 0 Å². The molecule has 0 saturated heterocycles. The van der Waals surface area contributed by atoms with E-state index in [-0.39, 0.29) is 6.10 Å². The molecule has 0 spiro atoms. The minimum Gasteiger partial charge on any atom is -0.497 e. The largest absolute Gasteiger partial charge is 0.497 e. The Balaban J connectivity index is 1.71. The molecule has 1 N–H and O–H groups in total. The summed E-state index contributed by atoms with van der Waals surface area (Å²) in [5.41, 5.74) is 6.15. The number of para-hydroxylation sites is 1. The molecule has 1 aromatic heterocycles. The highest BCUT2D eigenvalue weighted by atomic mass is 16.5. The van der Waals surface area contributed by atoms with E-state index in [2.05, 4.69) is 28.4 Å². The summed E-state index contributed by atoms with van der Waals surface area (Å²) in [6, 6.07) is 26.3. The minimum absolute atomic E-state index is 0.241. The normalized spacial score (nSPS) is 14.8. The smallest absolute Gasteiger partial charge is 0.153 e. The number of benzene rings is 3. The standard InChI is InChI=1S/C23H18N2O2/c1-26-17-13-11-16(12-14-17)23-20-21(15-7-3-2-4-8-15)24-25-22(20)18-9-5-6-10-19(18)27-23/h2-14,23H,1H3,(H,24,25). The number of aromatic amines is 1. The van der Waals surface area contributed by atoms with Crippen molar-refractivity contribution >= 4 is 0 Å². The first-order valence-corrected chi connectivity index (χ1v) is 8.89. The number of nitrogens with one attached hydrogen (secondary N) is 1. The molecule has 0 aliphatic carbocycles. The predicted octanol–water partition coefficient (Wildman–Crippen LogP) is 5.23. The molecule has 3 aromatic carbocycles. The second-order valence-electron chi connectivity index (χ2n) is 6.49. The lowest BCUT2D eigenvalue weighted by Crippen LogP contribution is -2.15. The van der Waals surface area contributed by atoms with E-state index in [0.717, 1.165) is 45.1 Å². The molecule has 1 aliphatic heterocycles. The van der Waals surface area contributed by atoms with Crippen LogP contribution in [0, 0.1) is 0 Å². The van der Waals surface area contributed by atoms with Crippen LogP contribution in [0.1, 0.15) is 17.2 Å². The maximum Gasteiger partial charge on any atom is 0.153 e. The summed E-state index contributed by atoms with van der Waals surface area (Å²) >= 11 is 0. The van der Waals surface area contributed by atoms with Gasteiger partial charge in [-0.05, 0) is 29.8 Å². The van der Waals surface area contributed by atoms with Gasteiger partial charge in [0.05, 0.1) is 24.1 Å². The summed E-state index contributed by atoms with van der Waals surface area (Å²) < 4.78 is 11.7. The van der Waals surface area contributed by atoms with Gasteiger partial charge in [-0.2, -0.15) is 5.10 Å². The third kappa shape index (κ3) is 2.57. The molecule has 0 amide bonds. The zero-order valence-corrected chi connectivity index (χ0v) is 14.8. The van der Waals surface area contributed by atoms with Crippen LogP contribution in [-0.4, -0.2) is 17.3 Å². The fourth-order valence-electron chi connectivity index (χ4n) is 3.60. The van der Waals surface area contributed by atoms with Crippen molar-refractivity contribution in [3.05, 3.63) is 90.0 Å². The molecule has 5 rings (SSSR count). The number of ether oxygens (including phenoxy) is 2. The summed E-state index contributed by atoms with van der Waals surface area (Å²) in [5.74, 6) is 1.68. The fourth-order valence-corrected chi connectivity index (χ4v) is 3.60. The van der Waals surface area contributed by atoms with Gasteiger partial charge in [-0.15, -0.1) is 0 Å². The summed E-state index contributed by atoms with van der Waals surface area (Å²) in [6.07, 6.45) is -0.241.